The van der Waals surface area contributed by atoms with Gasteiger partial charge in [-0.25, -0.2) is 0 Å². The molecule has 1 aliphatic heterocycles. The molecule has 1 saturated heterocycles. The van der Waals surface area contributed by atoms with Crippen molar-refractivity contribution in [1.82, 2.24) is 10.6 Å². The van der Waals surface area contributed by atoms with Gasteiger partial charge in [-0.3, -0.25) is 9.59 Å². The summed E-state index contributed by atoms with van der Waals surface area (Å²) in [6, 6.07) is 7.61. The lowest BCUT2D eigenvalue weighted by Crippen LogP contribution is -2.31. The molecule has 6 nitrogen and oxygen atoms in total. The molecular formula is C17H25ClN2O4. The molecule has 1 unspecified atom stereocenters. The minimum atomic E-state index is -0.225. The molecule has 1 fully saturated rings. The van der Waals surface area contributed by atoms with E-state index < -0.39 is 0 Å². The van der Waals surface area contributed by atoms with E-state index >= 15 is 0 Å². The van der Waals surface area contributed by atoms with Gasteiger partial charge in [0.2, 0.25) is 5.91 Å². The quantitative estimate of drug-likeness (QED) is 0.547. The summed E-state index contributed by atoms with van der Waals surface area (Å²) in [5, 5.41) is 6.15. The normalized spacial score (nSPS) is 16.1. The second-order valence-electron chi connectivity index (χ2n) is 5.58. The van der Waals surface area contributed by atoms with Crippen LogP contribution in [0.4, 0.5) is 0 Å². The van der Waals surface area contributed by atoms with Crippen molar-refractivity contribution in [3.05, 3.63) is 29.8 Å². The third kappa shape index (κ3) is 6.76. The van der Waals surface area contributed by atoms with E-state index in [1.54, 1.807) is 0 Å². The van der Waals surface area contributed by atoms with Gasteiger partial charge in [-0.1, -0.05) is 12.1 Å². The molecule has 0 aliphatic carbocycles. The molecule has 0 aromatic heterocycles. The van der Waals surface area contributed by atoms with Crippen molar-refractivity contribution >= 4 is 24.3 Å². The second-order valence-corrected chi connectivity index (χ2v) is 5.58. The molecule has 2 N–H and O–H groups in total. The predicted octanol–water partition coefficient (Wildman–Crippen LogP) is 1.67. The van der Waals surface area contributed by atoms with Crippen LogP contribution in [0.25, 0.3) is 0 Å². The third-order valence-electron chi connectivity index (χ3n) is 3.84. The number of rotatable bonds is 8. The van der Waals surface area contributed by atoms with E-state index in [0.717, 1.165) is 30.8 Å². The smallest absolute Gasteiger partial charge is 0.305 e. The van der Waals surface area contributed by atoms with Gasteiger partial charge in [-0.2, -0.15) is 0 Å². The van der Waals surface area contributed by atoms with Crippen LogP contribution in [0.2, 0.25) is 0 Å². The van der Waals surface area contributed by atoms with Crippen LogP contribution in [0.3, 0.4) is 0 Å². The van der Waals surface area contributed by atoms with Gasteiger partial charge < -0.3 is 20.1 Å². The number of carbonyl (C=O) groups excluding carboxylic acids is 2. The first-order valence-electron chi connectivity index (χ1n) is 7.96. The van der Waals surface area contributed by atoms with Crippen molar-refractivity contribution in [1.29, 1.82) is 0 Å². The monoisotopic (exact) mass is 356 g/mol. The van der Waals surface area contributed by atoms with Crippen molar-refractivity contribution in [2.75, 3.05) is 26.8 Å². The van der Waals surface area contributed by atoms with Gasteiger partial charge in [-0.05, 0) is 37.1 Å². The van der Waals surface area contributed by atoms with Crippen LogP contribution in [0.1, 0.15) is 24.8 Å². The number of amides is 1. The lowest BCUT2D eigenvalue weighted by Gasteiger charge is -2.10. The Morgan fingerprint density at radius 1 is 1.29 bits per heavy atom. The van der Waals surface area contributed by atoms with Gasteiger partial charge in [0.1, 0.15) is 5.75 Å². The molecule has 2 rings (SSSR count). The predicted molar refractivity (Wildman–Crippen MR) is 93.3 cm³/mol. The van der Waals surface area contributed by atoms with Crippen molar-refractivity contribution in [3.63, 3.8) is 0 Å². The molecule has 1 atom stereocenters. The summed E-state index contributed by atoms with van der Waals surface area (Å²) >= 11 is 0. The standard InChI is InChI=1S/C17H24N2O4.ClH/c1-22-16(20)3-2-10-23-15-6-4-13(5-7-15)11-19-17(21)14-8-9-18-12-14;/h4-7,14,18H,2-3,8-12H2,1H3,(H,19,21);1H. The van der Waals surface area contributed by atoms with Gasteiger partial charge in [0.25, 0.3) is 0 Å². The van der Waals surface area contributed by atoms with Gasteiger partial charge in [0, 0.05) is 19.5 Å². The van der Waals surface area contributed by atoms with Crippen molar-refractivity contribution in [2.45, 2.75) is 25.8 Å². The first kappa shape index (κ1) is 20.3. The summed E-state index contributed by atoms with van der Waals surface area (Å²) < 4.78 is 10.1. The summed E-state index contributed by atoms with van der Waals surface area (Å²) in [6.45, 7) is 2.68. The Balaban J connectivity index is 0.00000288. The Morgan fingerprint density at radius 2 is 2.04 bits per heavy atom. The largest absolute Gasteiger partial charge is 0.494 e. The van der Waals surface area contributed by atoms with Gasteiger partial charge in [-0.15, -0.1) is 12.4 Å². The maximum Gasteiger partial charge on any atom is 0.305 e. The van der Waals surface area contributed by atoms with Crippen LogP contribution in [0.15, 0.2) is 24.3 Å². The minimum absolute atomic E-state index is 0. The molecule has 0 radical (unpaired) electrons. The average molecular weight is 357 g/mol. The summed E-state index contributed by atoms with van der Waals surface area (Å²) in [6.07, 6.45) is 1.89. The first-order valence-corrected chi connectivity index (χ1v) is 7.96. The highest BCUT2D eigenvalue weighted by Gasteiger charge is 2.21. The van der Waals surface area contributed by atoms with Gasteiger partial charge in [0.15, 0.2) is 0 Å². The Morgan fingerprint density at radius 3 is 2.67 bits per heavy atom. The summed E-state index contributed by atoms with van der Waals surface area (Å²) in [7, 11) is 1.38. The molecule has 1 heterocycles. The topological polar surface area (TPSA) is 76.7 Å². The zero-order valence-corrected chi connectivity index (χ0v) is 14.7. The number of halogens is 1. The molecular weight excluding hydrogens is 332 g/mol. The number of carbonyl (C=O) groups is 2. The maximum atomic E-state index is 11.9. The molecule has 0 saturated carbocycles. The zero-order valence-electron chi connectivity index (χ0n) is 13.9. The van der Waals surface area contributed by atoms with Crippen LogP contribution >= 0.6 is 12.4 Å². The zero-order chi connectivity index (χ0) is 16.5. The van der Waals surface area contributed by atoms with Crippen LogP contribution in [-0.4, -0.2) is 38.7 Å². The number of nitrogens with one attached hydrogen (secondary N) is 2. The molecule has 1 aromatic rings. The molecule has 0 spiro atoms. The highest BCUT2D eigenvalue weighted by molar-refractivity contribution is 5.85. The Kier molecular flexibility index (Phi) is 9.19. The lowest BCUT2D eigenvalue weighted by molar-refractivity contribution is -0.140. The number of ether oxygens (including phenoxy) is 2. The molecule has 0 bridgehead atoms. The van der Waals surface area contributed by atoms with Crippen LogP contribution in [-0.2, 0) is 20.9 Å². The SMILES string of the molecule is COC(=O)CCCOc1ccc(CNC(=O)C2CCNC2)cc1.Cl. The molecule has 1 aromatic carbocycles. The molecule has 7 heteroatoms. The highest BCUT2D eigenvalue weighted by Crippen LogP contribution is 2.13. The molecule has 24 heavy (non-hydrogen) atoms. The number of methoxy groups -OCH3 is 1. The second kappa shape index (κ2) is 10.9. The lowest BCUT2D eigenvalue weighted by atomic mass is 10.1. The van der Waals surface area contributed by atoms with E-state index in [2.05, 4.69) is 15.4 Å². The fraction of sp³-hybridized carbons (Fsp3) is 0.529. The van der Waals surface area contributed by atoms with Crippen LogP contribution < -0.4 is 15.4 Å². The first-order chi connectivity index (χ1) is 11.2. The number of esters is 1. The van der Waals surface area contributed by atoms with Crippen molar-refractivity contribution in [2.24, 2.45) is 5.92 Å². The fourth-order valence-corrected chi connectivity index (χ4v) is 2.42. The average Bonchev–Trinajstić information content (AvgIpc) is 3.12. The number of hydrogen-bond acceptors (Lipinski definition) is 5. The van der Waals surface area contributed by atoms with E-state index in [1.165, 1.54) is 7.11 Å². The van der Waals surface area contributed by atoms with E-state index in [9.17, 15) is 9.59 Å². The summed E-state index contributed by atoms with van der Waals surface area (Å²) in [5.41, 5.74) is 1.03. The molecule has 1 amide bonds. The van der Waals surface area contributed by atoms with Crippen molar-refractivity contribution in [3.8, 4) is 5.75 Å². The van der Waals surface area contributed by atoms with Gasteiger partial charge in [0.05, 0.1) is 19.6 Å². The highest BCUT2D eigenvalue weighted by atomic mass is 35.5. The third-order valence-corrected chi connectivity index (χ3v) is 3.84. The van der Waals surface area contributed by atoms with E-state index in [-0.39, 0.29) is 30.2 Å². The molecule has 134 valence electrons. The summed E-state index contributed by atoms with van der Waals surface area (Å²) in [4.78, 5) is 22.9. The van der Waals surface area contributed by atoms with E-state index in [1.807, 2.05) is 24.3 Å². The molecule has 1 aliphatic rings. The van der Waals surface area contributed by atoms with Gasteiger partial charge >= 0.3 is 5.97 Å². The minimum Gasteiger partial charge on any atom is -0.494 e. The van der Waals surface area contributed by atoms with Crippen molar-refractivity contribution < 1.29 is 19.1 Å². The maximum absolute atomic E-state index is 11.9. The Labute approximate surface area is 148 Å². The number of hydrogen-bond donors (Lipinski definition) is 2. The number of benzene rings is 1. The summed E-state index contributed by atoms with van der Waals surface area (Å²) in [5.74, 6) is 0.729. The van der Waals surface area contributed by atoms with Crippen LogP contribution in [0, 0.1) is 5.92 Å². The fourth-order valence-electron chi connectivity index (χ4n) is 2.42. The van der Waals surface area contributed by atoms with E-state index in [4.69, 9.17) is 4.74 Å². The van der Waals surface area contributed by atoms with E-state index in [0.29, 0.717) is 26.0 Å². The Bertz CT molecular complexity index is 516. The van der Waals surface area contributed by atoms with Crippen LogP contribution in [0.5, 0.6) is 5.75 Å². The Hall–Kier alpha value is -1.79.